The van der Waals surface area contributed by atoms with Crippen molar-refractivity contribution in [1.29, 1.82) is 0 Å². The summed E-state index contributed by atoms with van der Waals surface area (Å²) >= 11 is 0. The number of hydrogen-bond acceptors (Lipinski definition) is 3. The van der Waals surface area contributed by atoms with Crippen molar-refractivity contribution < 1.29 is 15.0 Å². The second-order valence-electron chi connectivity index (χ2n) is 0.783. The predicted octanol–water partition coefficient (Wildman–Crippen LogP) is -1.65. The molecule has 0 heterocycles. The summed E-state index contributed by atoms with van der Waals surface area (Å²) in [5, 5.41) is 15.4. The number of rotatable bonds is 1. The summed E-state index contributed by atoms with van der Waals surface area (Å²) in [5.41, 5.74) is 4.39. The molecule has 0 aliphatic heterocycles. The Balaban J connectivity index is 3.26. The van der Waals surface area contributed by atoms with Gasteiger partial charge in [0.2, 0.25) is 6.23 Å². The normalized spacial score (nSPS) is 13.7. The molecule has 1 unspecified atom stereocenters. The van der Waals surface area contributed by atoms with E-state index in [9.17, 15) is 4.79 Å². The minimum Gasteiger partial charge on any atom is -0.478 e. The molecular formula is C2H5NO3. The first-order chi connectivity index (χ1) is 2.64. The third kappa shape index (κ3) is 1.68. The van der Waals surface area contributed by atoms with Gasteiger partial charge in [-0.15, -0.1) is 0 Å². The predicted molar refractivity (Wildman–Crippen MR) is 17.8 cm³/mol. The topological polar surface area (TPSA) is 83.5 Å². The lowest BCUT2D eigenvalue weighted by molar-refractivity contribution is -0.146. The lowest BCUT2D eigenvalue weighted by Crippen LogP contribution is -2.28. The fraction of sp³-hybridized carbons (Fsp3) is 0.500. The van der Waals surface area contributed by atoms with Crippen molar-refractivity contribution in [1.82, 2.24) is 0 Å². The lowest BCUT2D eigenvalue weighted by atomic mass is 10.6. The number of carboxylic acids is 1. The Hall–Kier alpha value is -0.610. The largest absolute Gasteiger partial charge is 0.478 e. The average molecular weight is 91.1 g/mol. The zero-order valence-electron chi connectivity index (χ0n) is 2.96. The van der Waals surface area contributed by atoms with Gasteiger partial charge in [0.15, 0.2) is 0 Å². The second kappa shape index (κ2) is 1.74. The molecule has 0 bridgehead atoms. The maximum atomic E-state index is 9.32. The van der Waals surface area contributed by atoms with Gasteiger partial charge in [-0.05, 0) is 0 Å². The minimum atomic E-state index is -1.73. The van der Waals surface area contributed by atoms with Crippen LogP contribution < -0.4 is 5.73 Å². The van der Waals surface area contributed by atoms with Crippen molar-refractivity contribution in [2.24, 2.45) is 5.73 Å². The SMILES string of the molecule is NC(O)C(=O)O. The Morgan fingerprint density at radius 3 is 2.00 bits per heavy atom. The molecule has 0 aliphatic rings. The lowest BCUT2D eigenvalue weighted by Gasteiger charge is -1.89. The molecule has 0 saturated heterocycles. The molecule has 1 atom stereocenters. The van der Waals surface area contributed by atoms with Gasteiger partial charge >= 0.3 is 5.97 Å². The molecule has 0 aliphatic carbocycles. The standard InChI is InChI=1S/C2H5NO3/c3-1(4)2(5)6/h1,4H,3H2,(H,5,6). The number of hydrogen-bond donors (Lipinski definition) is 3. The van der Waals surface area contributed by atoms with Crippen LogP contribution in [-0.2, 0) is 4.79 Å². The van der Waals surface area contributed by atoms with E-state index in [-0.39, 0.29) is 0 Å². The zero-order chi connectivity index (χ0) is 5.15. The average Bonchev–Trinajstić information content (AvgIpc) is 1.36. The molecule has 0 rings (SSSR count). The van der Waals surface area contributed by atoms with Gasteiger partial charge in [0.1, 0.15) is 0 Å². The fourth-order valence-corrected chi connectivity index (χ4v) is 0. The van der Waals surface area contributed by atoms with Gasteiger partial charge in [0.05, 0.1) is 0 Å². The summed E-state index contributed by atoms with van der Waals surface area (Å²) in [6, 6.07) is 0. The maximum Gasteiger partial charge on any atom is 0.347 e. The monoisotopic (exact) mass is 91.0 g/mol. The number of nitrogens with two attached hydrogens (primary N) is 1. The van der Waals surface area contributed by atoms with Crippen LogP contribution in [0.5, 0.6) is 0 Å². The molecule has 6 heavy (non-hydrogen) atoms. The quantitative estimate of drug-likeness (QED) is 0.337. The van der Waals surface area contributed by atoms with Crippen LogP contribution in [-0.4, -0.2) is 22.4 Å². The highest BCUT2D eigenvalue weighted by atomic mass is 16.4. The van der Waals surface area contributed by atoms with E-state index in [2.05, 4.69) is 5.73 Å². The van der Waals surface area contributed by atoms with E-state index in [1.165, 1.54) is 0 Å². The van der Waals surface area contributed by atoms with Crippen LogP contribution in [0.4, 0.5) is 0 Å². The van der Waals surface area contributed by atoms with Crippen LogP contribution >= 0.6 is 0 Å². The molecule has 0 spiro atoms. The molecular weight excluding hydrogens is 86.0 g/mol. The number of carboxylic acid groups (broad SMARTS) is 1. The number of aliphatic carboxylic acids is 1. The molecule has 0 radical (unpaired) electrons. The molecule has 0 fully saturated rings. The van der Waals surface area contributed by atoms with Crippen LogP contribution in [0.1, 0.15) is 0 Å². The molecule has 36 valence electrons. The zero-order valence-corrected chi connectivity index (χ0v) is 2.96. The van der Waals surface area contributed by atoms with Crippen molar-refractivity contribution in [2.75, 3.05) is 0 Å². The molecule has 4 N–H and O–H groups in total. The molecule has 4 heteroatoms. The van der Waals surface area contributed by atoms with Crippen LogP contribution in [0.25, 0.3) is 0 Å². The smallest absolute Gasteiger partial charge is 0.347 e. The fourth-order valence-electron chi connectivity index (χ4n) is 0. The minimum absolute atomic E-state index is 1.41. The highest BCUT2D eigenvalue weighted by molar-refractivity contribution is 5.70. The summed E-state index contributed by atoms with van der Waals surface area (Å²) in [6.45, 7) is 0. The molecule has 0 saturated carbocycles. The van der Waals surface area contributed by atoms with Crippen LogP contribution in [0, 0.1) is 0 Å². The second-order valence-corrected chi connectivity index (χ2v) is 0.783. The van der Waals surface area contributed by atoms with Gasteiger partial charge in [0, 0.05) is 0 Å². The summed E-state index contributed by atoms with van der Waals surface area (Å²) in [4.78, 5) is 9.32. The van der Waals surface area contributed by atoms with Crippen molar-refractivity contribution in [3.63, 3.8) is 0 Å². The molecule has 4 nitrogen and oxygen atoms in total. The van der Waals surface area contributed by atoms with Gasteiger partial charge in [-0.1, -0.05) is 0 Å². The Kier molecular flexibility index (Phi) is 1.56. The third-order valence-electron chi connectivity index (χ3n) is 0.253. The summed E-state index contributed by atoms with van der Waals surface area (Å²) in [7, 11) is 0. The summed E-state index contributed by atoms with van der Waals surface area (Å²) in [5.74, 6) is -1.41. The van der Waals surface area contributed by atoms with Gasteiger partial charge < -0.3 is 10.2 Å². The van der Waals surface area contributed by atoms with Crippen molar-refractivity contribution in [3.05, 3.63) is 0 Å². The first-order valence-electron chi connectivity index (χ1n) is 1.31. The van der Waals surface area contributed by atoms with Gasteiger partial charge in [-0.3, -0.25) is 5.73 Å². The van der Waals surface area contributed by atoms with E-state index in [0.717, 1.165) is 0 Å². The van der Waals surface area contributed by atoms with Gasteiger partial charge in [-0.2, -0.15) is 0 Å². The van der Waals surface area contributed by atoms with E-state index >= 15 is 0 Å². The maximum absolute atomic E-state index is 9.32. The van der Waals surface area contributed by atoms with Crippen LogP contribution in [0.2, 0.25) is 0 Å². The highest BCUT2D eigenvalue weighted by Gasteiger charge is 2.01. The number of aliphatic hydroxyl groups excluding tert-OH is 1. The van der Waals surface area contributed by atoms with E-state index in [1.54, 1.807) is 0 Å². The molecule has 0 amide bonds. The van der Waals surface area contributed by atoms with Crippen LogP contribution in [0.15, 0.2) is 0 Å². The molecule has 0 aromatic rings. The van der Waals surface area contributed by atoms with Crippen molar-refractivity contribution >= 4 is 5.97 Å². The van der Waals surface area contributed by atoms with E-state index < -0.39 is 12.2 Å². The van der Waals surface area contributed by atoms with E-state index in [0.29, 0.717) is 0 Å². The van der Waals surface area contributed by atoms with Gasteiger partial charge in [0.25, 0.3) is 0 Å². The molecule has 0 aromatic carbocycles. The Morgan fingerprint density at radius 1 is 1.83 bits per heavy atom. The summed E-state index contributed by atoms with van der Waals surface area (Å²) in [6.07, 6.45) is -1.73. The Morgan fingerprint density at radius 2 is 2.00 bits per heavy atom. The molecule has 0 aromatic heterocycles. The van der Waals surface area contributed by atoms with Gasteiger partial charge in [-0.25, -0.2) is 4.79 Å². The summed E-state index contributed by atoms with van der Waals surface area (Å²) < 4.78 is 0. The van der Waals surface area contributed by atoms with E-state index in [1.807, 2.05) is 0 Å². The number of aliphatic hydroxyl groups is 1. The first kappa shape index (κ1) is 5.39. The van der Waals surface area contributed by atoms with Crippen LogP contribution in [0.3, 0.4) is 0 Å². The van der Waals surface area contributed by atoms with Crippen molar-refractivity contribution in [3.8, 4) is 0 Å². The number of carbonyl (C=O) groups is 1. The Bertz CT molecular complexity index is 59.8. The third-order valence-corrected chi connectivity index (χ3v) is 0.253. The highest BCUT2D eigenvalue weighted by Crippen LogP contribution is 1.62. The Labute approximate surface area is 34.2 Å². The first-order valence-corrected chi connectivity index (χ1v) is 1.31. The van der Waals surface area contributed by atoms with Crippen molar-refractivity contribution in [2.45, 2.75) is 6.23 Å². The van der Waals surface area contributed by atoms with E-state index in [4.69, 9.17) is 10.2 Å².